The predicted octanol–water partition coefficient (Wildman–Crippen LogP) is 2.47. The van der Waals surface area contributed by atoms with Gasteiger partial charge in [0.2, 0.25) is 5.71 Å². The van der Waals surface area contributed by atoms with E-state index in [0.717, 1.165) is 6.07 Å². The smallest absolute Gasteiger partial charge is 0.201 e. The molecule has 0 aliphatic carbocycles. The number of nitrogens with zero attached hydrogens (tertiary/aromatic N) is 2. The Morgan fingerprint density at radius 1 is 1.65 bits per heavy atom. The average molecular weight is 319 g/mol. The van der Waals surface area contributed by atoms with Crippen LogP contribution in [0.4, 0.5) is 10.1 Å². The van der Waals surface area contributed by atoms with Gasteiger partial charge in [-0.05, 0) is 28.1 Å². The number of nitrogens with one attached hydrogen (secondary N) is 2. The molecule has 1 aromatic carbocycles. The molecule has 0 aliphatic heterocycles. The van der Waals surface area contributed by atoms with Crippen molar-refractivity contribution in [3.8, 4) is 6.07 Å². The van der Waals surface area contributed by atoms with E-state index in [1.165, 1.54) is 6.07 Å². The highest BCUT2D eigenvalue weighted by atomic mass is 79.9. The maximum absolute atomic E-state index is 13.5. The summed E-state index contributed by atoms with van der Waals surface area (Å²) in [6.45, 7) is 0. The fourth-order valence-corrected chi connectivity index (χ4v) is 1.77. The minimum atomic E-state index is -0.644. The molecule has 5 nitrogen and oxygen atoms in total. The zero-order valence-corrected chi connectivity index (χ0v) is 10.6. The van der Waals surface area contributed by atoms with Crippen molar-refractivity contribution in [2.45, 2.75) is 0 Å². The van der Waals surface area contributed by atoms with Gasteiger partial charge in [-0.3, -0.25) is 10.8 Å². The van der Waals surface area contributed by atoms with Crippen molar-refractivity contribution in [1.82, 2.24) is 0 Å². The van der Waals surface area contributed by atoms with Gasteiger partial charge in [0.1, 0.15) is 11.8 Å². The molecule has 8 heteroatoms. The molecule has 0 unspecified atom stereocenters. The first kappa shape index (κ1) is 13.4. The molecule has 88 valence electrons. The Morgan fingerprint density at radius 3 is 2.76 bits per heavy atom. The van der Waals surface area contributed by atoms with Crippen LogP contribution in [0.1, 0.15) is 0 Å². The molecular weight excluding hydrogens is 312 g/mol. The highest BCUT2D eigenvalue weighted by molar-refractivity contribution is 9.10. The van der Waals surface area contributed by atoms with E-state index in [1.54, 1.807) is 6.07 Å². The van der Waals surface area contributed by atoms with E-state index in [4.69, 9.17) is 28.0 Å². The van der Waals surface area contributed by atoms with Gasteiger partial charge in [0.15, 0.2) is 11.7 Å². The van der Waals surface area contributed by atoms with Crippen molar-refractivity contribution >= 4 is 44.8 Å². The summed E-state index contributed by atoms with van der Waals surface area (Å²) in [4.78, 5) is 0. The summed E-state index contributed by atoms with van der Waals surface area (Å²) in [6.07, 6.45) is 0. The lowest BCUT2D eigenvalue weighted by molar-refractivity contribution is 0.630. The number of halogens is 3. The Morgan fingerprint density at radius 2 is 2.29 bits per heavy atom. The standard InChI is InChI=1S/C9H6BrClFN5/c10-5-1-4(11)2-6(12)8(5)17-16-7(3-13)9(14)15/h1-2,17H,(H3,14,15)/b16-7+. The lowest BCUT2D eigenvalue weighted by atomic mass is 10.3. The summed E-state index contributed by atoms with van der Waals surface area (Å²) in [6, 6.07) is 4.14. The monoisotopic (exact) mass is 317 g/mol. The van der Waals surface area contributed by atoms with E-state index in [9.17, 15) is 4.39 Å². The van der Waals surface area contributed by atoms with Gasteiger partial charge < -0.3 is 5.73 Å². The minimum Gasteiger partial charge on any atom is -0.382 e. The normalized spacial score (nSPS) is 10.8. The molecule has 0 amide bonds. The third-order valence-electron chi connectivity index (χ3n) is 1.65. The number of anilines is 1. The summed E-state index contributed by atoms with van der Waals surface area (Å²) in [7, 11) is 0. The van der Waals surface area contributed by atoms with Crippen molar-refractivity contribution < 1.29 is 4.39 Å². The molecule has 1 rings (SSSR count). The Hall–Kier alpha value is -1.65. The van der Waals surface area contributed by atoms with Crippen LogP contribution in [0.5, 0.6) is 0 Å². The molecular formula is C9H6BrClFN5. The van der Waals surface area contributed by atoms with Crippen LogP contribution < -0.4 is 11.2 Å². The third kappa shape index (κ3) is 3.41. The van der Waals surface area contributed by atoms with Crippen molar-refractivity contribution in [3.63, 3.8) is 0 Å². The summed E-state index contributed by atoms with van der Waals surface area (Å²) in [5, 5.41) is 19.3. The van der Waals surface area contributed by atoms with Crippen molar-refractivity contribution in [1.29, 1.82) is 10.7 Å². The Labute approximate surface area is 110 Å². The Bertz CT molecular complexity index is 514. The van der Waals surface area contributed by atoms with Gasteiger partial charge >= 0.3 is 0 Å². The Balaban J connectivity index is 3.05. The summed E-state index contributed by atoms with van der Waals surface area (Å²) >= 11 is 8.71. The zero-order valence-electron chi connectivity index (χ0n) is 8.26. The number of rotatable bonds is 3. The topological polar surface area (TPSA) is 98.0 Å². The van der Waals surface area contributed by atoms with E-state index in [-0.39, 0.29) is 16.4 Å². The van der Waals surface area contributed by atoms with Gasteiger partial charge in [-0.1, -0.05) is 11.6 Å². The van der Waals surface area contributed by atoms with Crippen LogP contribution >= 0.6 is 27.5 Å². The van der Waals surface area contributed by atoms with Crippen LogP contribution in [-0.2, 0) is 0 Å². The molecule has 0 bridgehead atoms. The third-order valence-corrected chi connectivity index (χ3v) is 2.49. The van der Waals surface area contributed by atoms with E-state index in [2.05, 4.69) is 26.5 Å². The molecule has 0 spiro atoms. The SMILES string of the molecule is N#C/C(=N\Nc1c(F)cc(Cl)cc1Br)C(=N)N. The fraction of sp³-hybridized carbons (Fsp3) is 0. The van der Waals surface area contributed by atoms with Crippen LogP contribution in [0.2, 0.25) is 5.02 Å². The highest BCUT2D eigenvalue weighted by Gasteiger charge is 2.09. The molecule has 0 fully saturated rings. The maximum atomic E-state index is 13.5. The summed E-state index contributed by atoms with van der Waals surface area (Å²) < 4.78 is 13.8. The highest BCUT2D eigenvalue weighted by Crippen LogP contribution is 2.29. The lowest BCUT2D eigenvalue weighted by Gasteiger charge is -2.06. The number of hydrogen-bond donors (Lipinski definition) is 3. The second kappa shape index (κ2) is 5.61. The van der Waals surface area contributed by atoms with Crippen LogP contribution in [0.3, 0.4) is 0 Å². The van der Waals surface area contributed by atoms with Crippen molar-refractivity contribution in [2.24, 2.45) is 10.8 Å². The number of amidine groups is 1. The molecule has 4 N–H and O–H groups in total. The van der Waals surface area contributed by atoms with Gasteiger partial charge in [0.05, 0.1) is 0 Å². The average Bonchev–Trinajstić information content (AvgIpc) is 2.21. The first-order chi connectivity index (χ1) is 7.95. The number of hydrazone groups is 1. The van der Waals surface area contributed by atoms with Crippen LogP contribution in [-0.4, -0.2) is 11.5 Å². The number of nitriles is 1. The molecule has 0 atom stereocenters. The quantitative estimate of drug-likeness (QED) is 0.453. The molecule has 0 aromatic heterocycles. The largest absolute Gasteiger partial charge is 0.382 e. The number of nitrogens with two attached hydrogens (primary N) is 1. The second-order valence-corrected chi connectivity index (χ2v) is 4.13. The first-order valence-corrected chi connectivity index (χ1v) is 5.35. The van der Waals surface area contributed by atoms with Gasteiger partial charge in [0, 0.05) is 9.50 Å². The van der Waals surface area contributed by atoms with Gasteiger partial charge in [0.25, 0.3) is 0 Å². The van der Waals surface area contributed by atoms with E-state index in [0.29, 0.717) is 4.47 Å². The fourth-order valence-electron chi connectivity index (χ4n) is 0.906. The Kier molecular flexibility index (Phi) is 4.43. The lowest BCUT2D eigenvalue weighted by Crippen LogP contribution is -2.22. The van der Waals surface area contributed by atoms with Gasteiger partial charge in [-0.25, -0.2) is 4.39 Å². The van der Waals surface area contributed by atoms with Crippen molar-refractivity contribution in [2.75, 3.05) is 5.43 Å². The molecule has 0 heterocycles. The first-order valence-electron chi connectivity index (χ1n) is 4.18. The molecule has 0 saturated heterocycles. The van der Waals surface area contributed by atoms with Crippen molar-refractivity contribution in [3.05, 3.63) is 27.4 Å². The molecule has 17 heavy (non-hydrogen) atoms. The molecule has 0 saturated carbocycles. The minimum absolute atomic E-state index is 0.00315. The predicted molar refractivity (Wildman–Crippen MR) is 67.7 cm³/mol. The number of hydrogen-bond acceptors (Lipinski definition) is 4. The van der Waals surface area contributed by atoms with Gasteiger partial charge in [-0.15, -0.1) is 0 Å². The number of benzene rings is 1. The summed E-state index contributed by atoms with van der Waals surface area (Å²) in [5.74, 6) is -1.15. The molecule has 0 aliphatic rings. The molecule has 1 aromatic rings. The van der Waals surface area contributed by atoms with Gasteiger partial charge in [-0.2, -0.15) is 10.4 Å². The van der Waals surface area contributed by atoms with Crippen LogP contribution in [0.15, 0.2) is 21.7 Å². The van der Waals surface area contributed by atoms with E-state index < -0.39 is 11.7 Å². The van der Waals surface area contributed by atoms with Crippen LogP contribution in [0.25, 0.3) is 0 Å². The maximum Gasteiger partial charge on any atom is 0.201 e. The van der Waals surface area contributed by atoms with E-state index in [1.807, 2.05) is 0 Å². The zero-order chi connectivity index (χ0) is 13.0. The molecule has 0 radical (unpaired) electrons. The summed E-state index contributed by atoms with van der Waals surface area (Å²) in [5.41, 5.74) is 7.04. The second-order valence-electron chi connectivity index (χ2n) is 2.84. The van der Waals surface area contributed by atoms with Crippen LogP contribution in [0, 0.1) is 22.6 Å². The van der Waals surface area contributed by atoms with E-state index >= 15 is 0 Å².